The summed E-state index contributed by atoms with van der Waals surface area (Å²) in [6.07, 6.45) is 0. The molecule has 1 aromatic rings. The van der Waals surface area contributed by atoms with Crippen molar-refractivity contribution in [2.75, 3.05) is 30.3 Å². The molecule has 0 saturated carbocycles. The van der Waals surface area contributed by atoms with Gasteiger partial charge in [0.05, 0.1) is 4.90 Å². The molecule has 0 unspecified atom stereocenters. The van der Waals surface area contributed by atoms with E-state index >= 15 is 0 Å². The van der Waals surface area contributed by atoms with Crippen LogP contribution in [0.5, 0.6) is 0 Å². The highest BCUT2D eigenvalue weighted by atomic mass is 32.2. The molecule has 0 aromatic heterocycles. The van der Waals surface area contributed by atoms with Crippen LogP contribution < -0.4 is 5.73 Å². The van der Waals surface area contributed by atoms with Crippen LogP contribution in [0, 0.1) is 13.8 Å². The molecule has 0 atom stereocenters. The zero-order valence-corrected chi connectivity index (χ0v) is 12.3. The average Bonchev–Trinajstić information content (AvgIpc) is 2.34. The van der Waals surface area contributed by atoms with Crippen LogP contribution in [-0.4, -0.2) is 37.3 Å². The zero-order valence-electron chi connectivity index (χ0n) is 10.6. The minimum absolute atomic E-state index is 0.354. The number of hydrogen-bond donors (Lipinski definition) is 1. The number of thioether (sulfide) groups is 1. The Morgan fingerprint density at radius 1 is 1.22 bits per heavy atom. The van der Waals surface area contributed by atoms with Gasteiger partial charge in [-0.2, -0.15) is 16.1 Å². The Balaban J connectivity index is 2.46. The molecule has 1 fully saturated rings. The summed E-state index contributed by atoms with van der Waals surface area (Å²) in [5, 5.41) is 0. The van der Waals surface area contributed by atoms with E-state index < -0.39 is 10.0 Å². The lowest BCUT2D eigenvalue weighted by atomic mass is 10.1. The number of nitrogens with two attached hydrogens (primary N) is 1. The molecule has 6 heteroatoms. The fraction of sp³-hybridized carbons (Fsp3) is 0.500. The van der Waals surface area contributed by atoms with Crippen LogP contribution in [0.3, 0.4) is 0 Å². The third kappa shape index (κ3) is 2.50. The summed E-state index contributed by atoms with van der Waals surface area (Å²) in [6, 6.07) is 3.37. The third-order valence-electron chi connectivity index (χ3n) is 3.23. The maximum Gasteiger partial charge on any atom is 0.243 e. The summed E-state index contributed by atoms with van der Waals surface area (Å²) in [5.41, 5.74) is 7.98. The van der Waals surface area contributed by atoms with Crippen LogP contribution in [0.4, 0.5) is 5.69 Å². The molecule has 1 aliphatic rings. The predicted molar refractivity (Wildman–Crippen MR) is 76.4 cm³/mol. The van der Waals surface area contributed by atoms with E-state index in [1.807, 2.05) is 13.8 Å². The normalized spacial score (nSPS) is 17.9. The van der Waals surface area contributed by atoms with Gasteiger partial charge in [-0.1, -0.05) is 0 Å². The minimum atomic E-state index is -3.40. The van der Waals surface area contributed by atoms with E-state index in [2.05, 4.69) is 0 Å². The van der Waals surface area contributed by atoms with Crippen LogP contribution >= 0.6 is 11.8 Å². The Bertz CT molecular complexity index is 549. The van der Waals surface area contributed by atoms with Gasteiger partial charge in [-0.3, -0.25) is 0 Å². The second-order valence-electron chi connectivity index (χ2n) is 4.48. The van der Waals surface area contributed by atoms with Gasteiger partial charge in [0.2, 0.25) is 10.0 Å². The van der Waals surface area contributed by atoms with Crippen LogP contribution in [0.15, 0.2) is 17.0 Å². The molecule has 18 heavy (non-hydrogen) atoms. The molecular weight excluding hydrogens is 268 g/mol. The van der Waals surface area contributed by atoms with Crippen molar-refractivity contribution in [3.8, 4) is 0 Å². The van der Waals surface area contributed by atoms with E-state index in [0.29, 0.717) is 23.7 Å². The largest absolute Gasteiger partial charge is 0.399 e. The van der Waals surface area contributed by atoms with Crippen LogP contribution in [0.2, 0.25) is 0 Å². The molecule has 0 amide bonds. The summed E-state index contributed by atoms with van der Waals surface area (Å²) in [7, 11) is -3.40. The lowest BCUT2D eigenvalue weighted by molar-refractivity contribution is 0.443. The first-order valence-corrected chi connectivity index (χ1v) is 8.47. The van der Waals surface area contributed by atoms with Crippen molar-refractivity contribution in [3.05, 3.63) is 23.3 Å². The standard InChI is InChI=1S/C12H18N2O2S2/c1-9-7-11(13)8-12(10(9)2)18(15,16)14-3-5-17-6-4-14/h7-8H,3-6,13H2,1-2H3. The van der Waals surface area contributed by atoms with Gasteiger partial charge in [0.15, 0.2) is 0 Å². The summed E-state index contributed by atoms with van der Waals surface area (Å²) in [4.78, 5) is 0.354. The molecule has 1 aromatic carbocycles. The molecule has 100 valence electrons. The van der Waals surface area contributed by atoms with Crippen molar-refractivity contribution >= 4 is 27.5 Å². The van der Waals surface area contributed by atoms with E-state index in [4.69, 9.17) is 5.73 Å². The quantitative estimate of drug-likeness (QED) is 0.839. The van der Waals surface area contributed by atoms with Crippen molar-refractivity contribution in [2.45, 2.75) is 18.7 Å². The topological polar surface area (TPSA) is 63.4 Å². The van der Waals surface area contributed by atoms with Crippen molar-refractivity contribution in [3.63, 3.8) is 0 Å². The number of sulfonamides is 1. The van der Waals surface area contributed by atoms with Gasteiger partial charge >= 0.3 is 0 Å². The van der Waals surface area contributed by atoms with Gasteiger partial charge in [0.1, 0.15) is 0 Å². The van der Waals surface area contributed by atoms with Crippen LogP contribution in [-0.2, 0) is 10.0 Å². The fourth-order valence-electron chi connectivity index (χ4n) is 2.05. The summed E-state index contributed by atoms with van der Waals surface area (Å²) < 4.78 is 26.7. The number of nitrogen functional groups attached to an aromatic ring is 1. The highest BCUT2D eigenvalue weighted by molar-refractivity contribution is 7.99. The number of rotatable bonds is 2. The molecule has 1 aliphatic heterocycles. The fourth-order valence-corrected chi connectivity index (χ4v) is 4.96. The lowest BCUT2D eigenvalue weighted by Gasteiger charge is -2.26. The molecule has 1 saturated heterocycles. The van der Waals surface area contributed by atoms with Crippen LogP contribution in [0.1, 0.15) is 11.1 Å². The van der Waals surface area contributed by atoms with Crippen molar-refractivity contribution < 1.29 is 8.42 Å². The van der Waals surface area contributed by atoms with Crippen molar-refractivity contribution in [1.82, 2.24) is 4.31 Å². The molecule has 2 N–H and O–H groups in total. The summed E-state index contributed by atoms with van der Waals surface area (Å²) >= 11 is 1.79. The van der Waals surface area contributed by atoms with Gasteiger partial charge in [-0.15, -0.1) is 0 Å². The highest BCUT2D eigenvalue weighted by Gasteiger charge is 2.28. The maximum absolute atomic E-state index is 12.6. The number of hydrogen-bond acceptors (Lipinski definition) is 4. The smallest absolute Gasteiger partial charge is 0.243 e. The highest BCUT2D eigenvalue weighted by Crippen LogP contribution is 2.26. The molecular formula is C12H18N2O2S2. The second kappa shape index (κ2) is 5.11. The average molecular weight is 286 g/mol. The van der Waals surface area contributed by atoms with Gasteiger partial charge in [0, 0.05) is 30.3 Å². The van der Waals surface area contributed by atoms with Gasteiger partial charge in [-0.05, 0) is 37.1 Å². The van der Waals surface area contributed by atoms with Gasteiger partial charge in [0.25, 0.3) is 0 Å². The van der Waals surface area contributed by atoms with Crippen molar-refractivity contribution in [2.24, 2.45) is 0 Å². The summed E-state index contributed by atoms with van der Waals surface area (Å²) in [5.74, 6) is 1.72. The minimum Gasteiger partial charge on any atom is -0.399 e. The Hall–Kier alpha value is -0.720. The Morgan fingerprint density at radius 3 is 2.44 bits per heavy atom. The first kappa shape index (κ1) is 13.7. The second-order valence-corrected chi connectivity index (χ2v) is 7.61. The Morgan fingerprint density at radius 2 is 1.83 bits per heavy atom. The number of benzene rings is 1. The molecule has 0 aliphatic carbocycles. The predicted octanol–water partition coefficient (Wildman–Crippen LogP) is 1.62. The lowest BCUT2D eigenvalue weighted by Crippen LogP contribution is -2.38. The molecule has 4 nitrogen and oxygen atoms in total. The monoisotopic (exact) mass is 286 g/mol. The van der Waals surface area contributed by atoms with Crippen LogP contribution in [0.25, 0.3) is 0 Å². The number of aryl methyl sites for hydroxylation is 1. The van der Waals surface area contributed by atoms with E-state index in [0.717, 1.165) is 22.6 Å². The van der Waals surface area contributed by atoms with E-state index in [-0.39, 0.29) is 0 Å². The maximum atomic E-state index is 12.6. The first-order chi connectivity index (χ1) is 8.43. The Labute approximate surface area is 113 Å². The van der Waals surface area contributed by atoms with Crippen molar-refractivity contribution in [1.29, 1.82) is 0 Å². The van der Waals surface area contributed by atoms with E-state index in [1.165, 1.54) is 0 Å². The molecule has 0 radical (unpaired) electrons. The summed E-state index contributed by atoms with van der Waals surface area (Å²) in [6.45, 7) is 4.89. The molecule has 0 bridgehead atoms. The molecule has 2 rings (SSSR count). The number of anilines is 1. The molecule has 0 spiro atoms. The van der Waals surface area contributed by atoms with Gasteiger partial charge in [-0.25, -0.2) is 8.42 Å². The first-order valence-electron chi connectivity index (χ1n) is 5.87. The zero-order chi connectivity index (χ0) is 13.3. The van der Waals surface area contributed by atoms with E-state index in [1.54, 1.807) is 28.2 Å². The third-order valence-corrected chi connectivity index (χ3v) is 6.20. The SMILES string of the molecule is Cc1cc(N)cc(S(=O)(=O)N2CCSCC2)c1C. The molecule has 1 heterocycles. The number of nitrogens with zero attached hydrogens (tertiary/aromatic N) is 1. The van der Waals surface area contributed by atoms with E-state index in [9.17, 15) is 8.42 Å². The van der Waals surface area contributed by atoms with Gasteiger partial charge < -0.3 is 5.73 Å². The Kier molecular flexibility index (Phi) is 3.89.